The fraction of sp³-hybridized carbons (Fsp3) is 0.643. The van der Waals surface area contributed by atoms with Gasteiger partial charge >= 0.3 is 24.4 Å². The van der Waals surface area contributed by atoms with Gasteiger partial charge in [-0.05, 0) is 48.8 Å². The number of nitrogens with one attached hydrogen (secondary N) is 1. The van der Waals surface area contributed by atoms with Crippen molar-refractivity contribution in [1.29, 1.82) is 0 Å². The van der Waals surface area contributed by atoms with Gasteiger partial charge in [-0.1, -0.05) is 54.5 Å². The number of hydrogen-bond acceptors (Lipinski definition) is 11. The zero-order valence-electron chi connectivity index (χ0n) is 24.9. The van der Waals surface area contributed by atoms with E-state index in [0.29, 0.717) is 6.42 Å². The van der Waals surface area contributed by atoms with Crippen LogP contribution in [0, 0.1) is 10.8 Å². The normalized spacial score (nSPS) is 13.8. The first-order valence-corrected chi connectivity index (χ1v) is 13.1. The third-order valence-electron chi connectivity index (χ3n) is 5.05. The summed E-state index contributed by atoms with van der Waals surface area (Å²) in [6.07, 6.45) is -3.14. The molecule has 0 saturated heterocycles. The zero-order chi connectivity index (χ0) is 30.7. The second-order valence-electron chi connectivity index (χ2n) is 11.7. The van der Waals surface area contributed by atoms with Crippen LogP contribution in [-0.2, 0) is 30.2 Å². The smallest absolute Gasteiger partial charge is 0.477 e. The zero-order valence-corrected chi connectivity index (χ0v) is 24.9. The molecule has 40 heavy (non-hydrogen) atoms. The summed E-state index contributed by atoms with van der Waals surface area (Å²) in [5.74, 6) is -1.88. The molecule has 0 heterocycles. The SMILES string of the molecule is CCOC(=O)O[C@](Cc1ccc(OC(=O)OCC(C)(C)C)c(OC(=O)OCC(C)(C)C)c1)(NC(C)CC)C(=O)O. The fourth-order valence-corrected chi connectivity index (χ4v) is 2.99. The molecule has 0 radical (unpaired) electrons. The van der Waals surface area contributed by atoms with Gasteiger partial charge in [0.2, 0.25) is 0 Å². The summed E-state index contributed by atoms with van der Waals surface area (Å²) < 4.78 is 31.0. The summed E-state index contributed by atoms with van der Waals surface area (Å²) in [5, 5.41) is 13.0. The number of hydrogen-bond donors (Lipinski definition) is 2. The van der Waals surface area contributed by atoms with E-state index in [9.17, 15) is 24.3 Å². The molecule has 226 valence electrons. The van der Waals surface area contributed by atoms with E-state index in [1.54, 1.807) is 13.8 Å². The van der Waals surface area contributed by atoms with Crippen LogP contribution in [0.25, 0.3) is 0 Å². The van der Waals surface area contributed by atoms with Gasteiger partial charge in [0, 0.05) is 12.5 Å². The summed E-state index contributed by atoms with van der Waals surface area (Å²) in [6, 6.07) is 3.66. The van der Waals surface area contributed by atoms with Gasteiger partial charge in [0.1, 0.15) is 0 Å². The molecule has 0 amide bonds. The monoisotopic (exact) mass is 569 g/mol. The van der Waals surface area contributed by atoms with Gasteiger partial charge in [0.25, 0.3) is 5.72 Å². The van der Waals surface area contributed by atoms with Crippen molar-refractivity contribution in [3.63, 3.8) is 0 Å². The second kappa shape index (κ2) is 14.7. The lowest BCUT2D eigenvalue weighted by Gasteiger charge is -2.32. The highest BCUT2D eigenvalue weighted by Crippen LogP contribution is 2.32. The van der Waals surface area contributed by atoms with E-state index in [-0.39, 0.29) is 53.8 Å². The van der Waals surface area contributed by atoms with Crippen LogP contribution in [0.4, 0.5) is 14.4 Å². The minimum absolute atomic E-state index is 0.0239. The molecule has 12 nitrogen and oxygen atoms in total. The molecule has 0 aliphatic rings. The first-order valence-electron chi connectivity index (χ1n) is 13.1. The van der Waals surface area contributed by atoms with Gasteiger partial charge in [-0.25, -0.2) is 19.2 Å². The molecule has 0 saturated carbocycles. The number of benzene rings is 1. The number of carbonyl (C=O) groups excluding carboxylic acids is 3. The number of rotatable bonds is 12. The van der Waals surface area contributed by atoms with Crippen molar-refractivity contribution in [2.45, 2.75) is 86.9 Å². The van der Waals surface area contributed by atoms with Crippen molar-refractivity contribution >= 4 is 24.4 Å². The maximum Gasteiger partial charge on any atom is 0.513 e. The summed E-state index contributed by atoms with van der Waals surface area (Å²) in [4.78, 5) is 49.4. The molecule has 1 unspecified atom stereocenters. The highest BCUT2D eigenvalue weighted by molar-refractivity contribution is 5.80. The Morgan fingerprint density at radius 2 is 1.35 bits per heavy atom. The fourth-order valence-electron chi connectivity index (χ4n) is 2.99. The molecular formula is C28H43NO11. The van der Waals surface area contributed by atoms with E-state index < -0.39 is 36.6 Å². The molecule has 0 aliphatic carbocycles. The maximum atomic E-state index is 12.5. The Bertz CT molecular complexity index is 1030. The molecule has 1 rings (SSSR count). The molecule has 12 heteroatoms. The Kier molecular flexibility index (Phi) is 12.7. The number of carbonyl (C=O) groups is 4. The molecular weight excluding hydrogens is 526 g/mol. The summed E-state index contributed by atoms with van der Waals surface area (Å²) in [5.41, 5.74) is -2.62. The second-order valence-corrected chi connectivity index (χ2v) is 11.7. The average Bonchev–Trinajstić information content (AvgIpc) is 2.82. The van der Waals surface area contributed by atoms with Crippen molar-refractivity contribution in [3.8, 4) is 11.5 Å². The van der Waals surface area contributed by atoms with E-state index in [0.717, 1.165) is 0 Å². The molecule has 2 atom stereocenters. The van der Waals surface area contributed by atoms with Crippen LogP contribution >= 0.6 is 0 Å². The molecule has 1 aromatic rings. The molecule has 1 aromatic carbocycles. The van der Waals surface area contributed by atoms with Gasteiger partial charge in [0.15, 0.2) is 11.5 Å². The van der Waals surface area contributed by atoms with Gasteiger partial charge in [-0.15, -0.1) is 0 Å². The van der Waals surface area contributed by atoms with Crippen molar-refractivity contribution in [2.24, 2.45) is 10.8 Å². The van der Waals surface area contributed by atoms with Crippen LogP contribution in [0.1, 0.15) is 74.3 Å². The van der Waals surface area contributed by atoms with Crippen molar-refractivity contribution < 1.29 is 52.7 Å². The lowest BCUT2D eigenvalue weighted by molar-refractivity contribution is -0.166. The lowest BCUT2D eigenvalue weighted by Crippen LogP contribution is -2.59. The molecule has 0 spiro atoms. The van der Waals surface area contributed by atoms with Crippen LogP contribution in [0.3, 0.4) is 0 Å². The molecule has 2 N–H and O–H groups in total. The van der Waals surface area contributed by atoms with Crippen LogP contribution < -0.4 is 14.8 Å². The number of carboxylic acid groups (broad SMARTS) is 1. The highest BCUT2D eigenvalue weighted by Gasteiger charge is 2.44. The first kappa shape index (κ1) is 34.5. The quantitative estimate of drug-likeness (QED) is 0.137. The molecule has 0 bridgehead atoms. The van der Waals surface area contributed by atoms with Gasteiger partial charge in [-0.2, -0.15) is 0 Å². The third-order valence-corrected chi connectivity index (χ3v) is 5.05. The number of carboxylic acids is 1. The van der Waals surface area contributed by atoms with E-state index in [1.165, 1.54) is 18.2 Å². The minimum Gasteiger partial charge on any atom is -0.477 e. The van der Waals surface area contributed by atoms with E-state index in [4.69, 9.17) is 28.4 Å². The van der Waals surface area contributed by atoms with Crippen LogP contribution in [0.15, 0.2) is 18.2 Å². The van der Waals surface area contributed by atoms with Gasteiger partial charge in [0.05, 0.1) is 19.8 Å². The maximum absolute atomic E-state index is 12.5. The number of aliphatic carboxylic acids is 1. The predicted molar refractivity (Wildman–Crippen MR) is 144 cm³/mol. The van der Waals surface area contributed by atoms with Crippen molar-refractivity contribution in [1.82, 2.24) is 5.32 Å². The summed E-state index contributed by atoms with van der Waals surface area (Å²) in [6.45, 7) is 16.4. The van der Waals surface area contributed by atoms with Crippen molar-refractivity contribution in [3.05, 3.63) is 23.8 Å². The Balaban J connectivity index is 3.42. The Morgan fingerprint density at radius 3 is 1.80 bits per heavy atom. The van der Waals surface area contributed by atoms with E-state index in [1.807, 2.05) is 48.5 Å². The predicted octanol–water partition coefficient (Wildman–Crippen LogP) is 5.69. The van der Waals surface area contributed by atoms with E-state index in [2.05, 4.69) is 5.32 Å². The topological polar surface area (TPSA) is 156 Å². The summed E-state index contributed by atoms with van der Waals surface area (Å²) >= 11 is 0. The molecule has 0 fully saturated rings. The average molecular weight is 570 g/mol. The van der Waals surface area contributed by atoms with Gasteiger partial charge < -0.3 is 33.5 Å². The minimum atomic E-state index is -2.22. The Morgan fingerprint density at radius 1 is 0.825 bits per heavy atom. The van der Waals surface area contributed by atoms with E-state index >= 15 is 0 Å². The standard InChI is InChI=1S/C28H43NO11/c1-10-18(3)29-28(22(30)31,40-25(34)35-11-2)15-19-12-13-20(38-23(32)36-16-26(4,5)6)21(14-19)39-24(33)37-17-27(7,8)9/h12-14,18,29H,10-11,15-17H2,1-9H3,(H,30,31)/t18?,28-/m0/s1. The number of ether oxygens (including phenoxy) is 6. The Hall–Kier alpha value is -3.54. The van der Waals surface area contributed by atoms with Crippen LogP contribution in [-0.4, -0.2) is 61.1 Å². The first-order chi connectivity index (χ1) is 18.4. The van der Waals surface area contributed by atoms with Crippen LogP contribution in [0.5, 0.6) is 11.5 Å². The largest absolute Gasteiger partial charge is 0.513 e. The molecule has 0 aliphatic heterocycles. The lowest BCUT2D eigenvalue weighted by atomic mass is 9.99. The third kappa shape index (κ3) is 12.5. The Labute approximate surface area is 235 Å². The van der Waals surface area contributed by atoms with Crippen LogP contribution in [0.2, 0.25) is 0 Å². The summed E-state index contributed by atoms with van der Waals surface area (Å²) in [7, 11) is 0. The van der Waals surface area contributed by atoms with Crippen molar-refractivity contribution in [2.75, 3.05) is 19.8 Å². The molecule has 0 aromatic heterocycles. The highest BCUT2D eigenvalue weighted by atomic mass is 16.8. The van der Waals surface area contributed by atoms with Gasteiger partial charge in [-0.3, -0.25) is 5.32 Å².